The molecule has 2 amide bonds. The minimum absolute atomic E-state index is 0.0198. The summed E-state index contributed by atoms with van der Waals surface area (Å²) in [5.74, 6) is -1.43. The fourth-order valence-electron chi connectivity index (χ4n) is 5.98. The Kier molecular flexibility index (Phi) is 7.41. The Morgan fingerprint density at radius 2 is 1.95 bits per heavy atom. The van der Waals surface area contributed by atoms with Gasteiger partial charge in [0.2, 0.25) is 11.8 Å². The third-order valence-electron chi connectivity index (χ3n) is 7.85. The molecule has 0 bridgehead atoms. The van der Waals surface area contributed by atoms with Gasteiger partial charge in [0, 0.05) is 35.8 Å². The standard InChI is InChI=1S/C27H28ClFN3O6P/c1-15(33)21-13-31(23-10-18(39(36,37)38)8-9-20(21)23)14-24(34)32-12-17-5-2-6-19(17)26(32)27(35)30-11-16-4-3-7-22(28)25(16)29/h3-4,7-10,13,17,19,26H,2,5-6,11-12,14H2,1H3,(H,30,35)(H2,36,37,38)/t17-,19-,26-/m0/s1. The van der Waals surface area contributed by atoms with E-state index in [2.05, 4.69) is 5.32 Å². The van der Waals surface area contributed by atoms with Gasteiger partial charge in [0.05, 0.1) is 15.8 Å². The Morgan fingerprint density at radius 3 is 2.67 bits per heavy atom. The van der Waals surface area contributed by atoms with Crippen LogP contribution in [-0.2, 0) is 27.2 Å². The van der Waals surface area contributed by atoms with Crippen LogP contribution in [0.2, 0.25) is 5.02 Å². The first-order valence-electron chi connectivity index (χ1n) is 12.7. The Balaban J connectivity index is 1.41. The van der Waals surface area contributed by atoms with Crippen LogP contribution in [0.15, 0.2) is 42.6 Å². The minimum Gasteiger partial charge on any atom is -0.350 e. The van der Waals surface area contributed by atoms with Crippen molar-refractivity contribution in [1.29, 1.82) is 0 Å². The molecule has 2 aromatic carbocycles. The number of Topliss-reactive ketones (excluding diaryl/α,β-unsaturated/α-hetero) is 1. The maximum absolute atomic E-state index is 14.4. The number of amides is 2. The zero-order valence-corrected chi connectivity index (χ0v) is 22.8. The van der Waals surface area contributed by atoms with Crippen molar-refractivity contribution in [3.05, 3.63) is 64.6 Å². The van der Waals surface area contributed by atoms with Crippen LogP contribution in [0, 0.1) is 17.7 Å². The second kappa shape index (κ2) is 10.5. The highest BCUT2D eigenvalue weighted by Crippen LogP contribution is 2.42. The summed E-state index contributed by atoms with van der Waals surface area (Å²) in [5.41, 5.74) is 0.906. The molecule has 2 fully saturated rings. The number of carbonyl (C=O) groups is 3. The van der Waals surface area contributed by atoms with E-state index in [4.69, 9.17) is 11.6 Å². The lowest BCUT2D eigenvalue weighted by atomic mass is 9.93. The molecule has 206 valence electrons. The van der Waals surface area contributed by atoms with Gasteiger partial charge in [-0.15, -0.1) is 0 Å². The van der Waals surface area contributed by atoms with E-state index in [0.29, 0.717) is 23.0 Å². The Morgan fingerprint density at radius 1 is 1.18 bits per heavy atom. The number of fused-ring (bicyclic) bond motifs is 2. The zero-order valence-electron chi connectivity index (χ0n) is 21.1. The molecule has 2 heterocycles. The number of halogens is 2. The molecule has 1 saturated carbocycles. The van der Waals surface area contributed by atoms with E-state index < -0.39 is 19.5 Å². The zero-order chi connectivity index (χ0) is 28.1. The van der Waals surface area contributed by atoms with Crippen molar-refractivity contribution in [3.8, 4) is 0 Å². The molecule has 0 radical (unpaired) electrons. The van der Waals surface area contributed by atoms with Crippen molar-refractivity contribution in [3.63, 3.8) is 0 Å². The summed E-state index contributed by atoms with van der Waals surface area (Å²) in [6.45, 7) is 1.49. The molecule has 3 aromatic rings. The smallest absolute Gasteiger partial charge is 0.350 e. The maximum Gasteiger partial charge on any atom is 0.356 e. The normalized spacial score (nSPS) is 20.8. The number of likely N-dealkylation sites (tertiary alicyclic amines) is 1. The molecule has 0 unspecified atom stereocenters. The van der Waals surface area contributed by atoms with Crippen LogP contribution >= 0.6 is 19.2 Å². The highest BCUT2D eigenvalue weighted by atomic mass is 35.5. The summed E-state index contributed by atoms with van der Waals surface area (Å²) < 4.78 is 27.7. The molecule has 1 saturated heterocycles. The molecule has 3 atom stereocenters. The highest BCUT2D eigenvalue weighted by Gasteiger charge is 2.49. The van der Waals surface area contributed by atoms with Gasteiger partial charge in [0.15, 0.2) is 5.78 Å². The van der Waals surface area contributed by atoms with Gasteiger partial charge in [-0.25, -0.2) is 4.39 Å². The van der Waals surface area contributed by atoms with Crippen molar-refractivity contribution in [2.45, 2.75) is 45.3 Å². The molecule has 5 rings (SSSR count). The van der Waals surface area contributed by atoms with Gasteiger partial charge in [-0.3, -0.25) is 18.9 Å². The molecule has 1 aromatic heterocycles. The largest absolute Gasteiger partial charge is 0.356 e. The number of hydrogen-bond acceptors (Lipinski definition) is 4. The van der Waals surface area contributed by atoms with Gasteiger partial charge < -0.3 is 24.6 Å². The van der Waals surface area contributed by atoms with Crippen molar-refractivity contribution < 1.29 is 33.1 Å². The summed E-state index contributed by atoms with van der Waals surface area (Å²) in [6.07, 6.45) is 4.15. The third-order valence-corrected chi connectivity index (χ3v) is 9.09. The quantitative estimate of drug-likeness (QED) is 0.293. The van der Waals surface area contributed by atoms with E-state index in [1.807, 2.05) is 0 Å². The number of benzene rings is 2. The van der Waals surface area contributed by atoms with E-state index in [1.165, 1.54) is 48.0 Å². The Hall–Kier alpha value is -3.04. The number of ketones is 1. The van der Waals surface area contributed by atoms with Gasteiger partial charge in [-0.1, -0.05) is 36.2 Å². The van der Waals surface area contributed by atoms with Gasteiger partial charge in [-0.2, -0.15) is 0 Å². The van der Waals surface area contributed by atoms with Crippen LogP contribution in [0.5, 0.6) is 0 Å². The molecule has 9 nitrogen and oxygen atoms in total. The molecular formula is C27H28ClFN3O6P. The number of carbonyl (C=O) groups excluding carboxylic acids is 3. The lowest BCUT2D eigenvalue weighted by molar-refractivity contribution is -0.140. The van der Waals surface area contributed by atoms with Crippen LogP contribution in [0.25, 0.3) is 10.9 Å². The summed E-state index contributed by atoms with van der Waals surface area (Å²) in [6, 6.07) is 7.85. The van der Waals surface area contributed by atoms with Crippen molar-refractivity contribution >= 4 is 53.0 Å². The summed E-state index contributed by atoms with van der Waals surface area (Å²) in [7, 11) is -4.57. The van der Waals surface area contributed by atoms with Gasteiger partial charge in [0.25, 0.3) is 0 Å². The average molecular weight is 576 g/mol. The van der Waals surface area contributed by atoms with Crippen LogP contribution in [-0.4, -0.2) is 49.4 Å². The van der Waals surface area contributed by atoms with Gasteiger partial charge in [0.1, 0.15) is 18.4 Å². The van der Waals surface area contributed by atoms with Gasteiger partial charge in [-0.05, 0) is 49.8 Å². The van der Waals surface area contributed by atoms with Crippen LogP contribution in [0.1, 0.15) is 42.1 Å². The topological polar surface area (TPSA) is 129 Å². The first-order chi connectivity index (χ1) is 18.5. The number of rotatable bonds is 7. The Labute approximate surface area is 229 Å². The van der Waals surface area contributed by atoms with E-state index in [-0.39, 0.29) is 58.4 Å². The SMILES string of the molecule is CC(=O)c1cn(CC(=O)N2C[C@@H]3CCC[C@@H]3[C@H]2C(=O)NCc2cccc(Cl)c2F)c2cc(P(=O)(O)O)ccc12. The van der Waals surface area contributed by atoms with Crippen LogP contribution in [0.3, 0.4) is 0 Å². The predicted octanol–water partition coefficient (Wildman–Crippen LogP) is 3.38. The fraction of sp³-hybridized carbons (Fsp3) is 0.370. The van der Waals surface area contributed by atoms with Crippen LogP contribution < -0.4 is 10.6 Å². The average Bonchev–Trinajstić information content (AvgIpc) is 3.57. The number of aromatic nitrogens is 1. The van der Waals surface area contributed by atoms with E-state index in [1.54, 1.807) is 11.0 Å². The second-order valence-corrected chi connectivity index (χ2v) is 12.3. The molecule has 2 aliphatic rings. The molecule has 0 spiro atoms. The molecule has 39 heavy (non-hydrogen) atoms. The lowest BCUT2D eigenvalue weighted by Crippen LogP contribution is -2.49. The molecule has 12 heteroatoms. The molecule has 3 N–H and O–H groups in total. The lowest BCUT2D eigenvalue weighted by Gasteiger charge is -2.27. The number of nitrogens with zero attached hydrogens (tertiary/aromatic N) is 2. The number of nitrogens with one attached hydrogen (secondary N) is 1. The molecular weight excluding hydrogens is 548 g/mol. The van der Waals surface area contributed by atoms with Crippen molar-refractivity contribution in [1.82, 2.24) is 14.8 Å². The molecule has 1 aliphatic heterocycles. The minimum atomic E-state index is -4.57. The fourth-order valence-corrected chi connectivity index (χ4v) is 6.73. The van der Waals surface area contributed by atoms with Crippen molar-refractivity contribution in [2.75, 3.05) is 6.54 Å². The van der Waals surface area contributed by atoms with Gasteiger partial charge >= 0.3 is 7.60 Å². The van der Waals surface area contributed by atoms with E-state index >= 15 is 0 Å². The monoisotopic (exact) mass is 575 g/mol. The van der Waals surface area contributed by atoms with E-state index in [0.717, 1.165) is 19.3 Å². The first kappa shape index (κ1) is 27.5. The summed E-state index contributed by atoms with van der Waals surface area (Å²) in [4.78, 5) is 60.1. The second-order valence-electron chi connectivity index (χ2n) is 10.2. The molecule has 1 aliphatic carbocycles. The van der Waals surface area contributed by atoms with Crippen molar-refractivity contribution in [2.24, 2.45) is 11.8 Å². The first-order valence-corrected chi connectivity index (χ1v) is 14.6. The highest BCUT2D eigenvalue weighted by molar-refractivity contribution is 7.60. The maximum atomic E-state index is 14.4. The number of hydrogen-bond donors (Lipinski definition) is 3. The summed E-state index contributed by atoms with van der Waals surface area (Å²) >= 11 is 5.86. The van der Waals surface area contributed by atoms with E-state index in [9.17, 15) is 33.1 Å². The summed E-state index contributed by atoms with van der Waals surface area (Å²) in [5, 5.41) is 2.98. The third kappa shape index (κ3) is 5.26. The Bertz CT molecular complexity index is 1540. The van der Waals surface area contributed by atoms with Crippen LogP contribution in [0.4, 0.5) is 4.39 Å². The predicted molar refractivity (Wildman–Crippen MR) is 143 cm³/mol.